The minimum atomic E-state index is -1.44. The van der Waals surface area contributed by atoms with Crippen molar-refractivity contribution in [2.24, 2.45) is 0 Å². The van der Waals surface area contributed by atoms with E-state index in [0.717, 1.165) is 6.07 Å². The van der Waals surface area contributed by atoms with Gasteiger partial charge in [-0.05, 0) is 12.1 Å². The molecular formula is C7H5FN2O4. The quantitative estimate of drug-likeness (QED) is 0.421. The van der Waals surface area contributed by atoms with E-state index in [1.54, 1.807) is 0 Å². The Morgan fingerprint density at radius 2 is 2.14 bits per heavy atom. The van der Waals surface area contributed by atoms with Crippen molar-refractivity contribution in [3.05, 3.63) is 33.6 Å². The summed E-state index contributed by atoms with van der Waals surface area (Å²) in [7, 11) is 0. The molecule has 0 atom stereocenters. The minimum Gasteiger partial charge on any atom is -0.478 e. The van der Waals surface area contributed by atoms with E-state index < -0.39 is 33.6 Å². The Hall–Kier alpha value is -2.18. The highest BCUT2D eigenvalue weighted by molar-refractivity contribution is 5.96. The SMILES string of the molecule is Nc1c(C(=O)O)ccc(F)c1[N+](=O)[O-]. The lowest BCUT2D eigenvalue weighted by Crippen LogP contribution is -2.07. The van der Waals surface area contributed by atoms with Crippen LogP contribution < -0.4 is 5.73 Å². The van der Waals surface area contributed by atoms with Crippen molar-refractivity contribution in [2.75, 3.05) is 5.73 Å². The van der Waals surface area contributed by atoms with Crippen LogP contribution >= 0.6 is 0 Å². The van der Waals surface area contributed by atoms with Crippen molar-refractivity contribution in [1.82, 2.24) is 0 Å². The van der Waals surface area contributed by atoms with Gasteiger partial charge in [-0.2, -0.15) is 4.39 Å². The van der Waals surface area contributed by atoms with E-state index in [-0.39, 0.29) is 0 Å². The number of rotatable bonds is 2. The van der Waals surface area contributed by atoms with Gasteiger partial charge in [-0.15, -0.1) is 0 Å². The number of nitro groups is 1. The van der Waals surface area contributed by atoms with E-state index in [9.17, 15) is 19.3 Å². The molecule has 0 spiro atoms. The molecule has 1 rings (SSSR count). The molecule has 0 aromatic heterocycles. The zero-order valence-corrected chi connectivity index (χ0v) is 6.73. The molecule has 7 heteroatoms. The van der Waals surface area contributed by atoms with Gasteiger partial charge in [0.15, 0.2) is 0 Å². The van der Waals surface area contributed by atoms with E-state index in [2.05, 4.69) is 0 Å². The number of hydrogen-bond acceptors (Lipinski definition) is 4. The Labute approximate surface area is 76.9 Å². The normalized spacial score (nSPS) is 9.79. The van der Waals surface area contributed by atoms with Crippen LogP contribution in [0.25, 0.3) is 0 Å². The maximum Gasteiger partial charge on any atom is 0.338 e. The lowest BCUT2D eigenvalue weighted by Gasteiger charge is -2.01. The van der Waals surface area contributed by atoms with Gasteiger partial charge in [-0.1, -0.05) is 0 Å². The summed E-state index contributed by atoms with van der Waals surface area (Å²) in [6, 6.07) is 1.57. The fraction of sp³-hybridized carbons (Fsp3) is 0. The van der Waals surface area contributed by atoms with Gasteiger partial charge in [0.2, 0.25) is 5.82 Å². The monoisotopic (exact) mass is 200 g/mol. The fourth-order valence-corrected chi connectivity index (χ4v) is 0.953. The molecule has 1 aromatic carbocycles. The Bertz CT molecular complexity index is 418. The maximum atomic E-state index is 12.8. The first-order valence-electron chi connectivity index (χ1n) is 3.40. The standard InChI is InChI=1S/C7H5FN2O4/c8-4-2-1-3(7(11)12)5(9)6(4)10(13)14/h1-2H,9H2,(H,11,12). The summed E-state index contributed by atoms with van der Waals surface area (Å²) in [5.74, 6) is -2.59. The number of anilines is 1. The third-order valence-corrected chi connectivity index (χ3v) is 1.58. The number of hydrogen-bond donors (Lipinski definition) is 2. The first kappa shape index (κ1) is 9.90. The van der Waals surface area contributed by atoms with Crippen LogP contribution in [0.15, 0.2) is 12.1 Å². The predicted octanol–water partition coefficient (Wildman–Crippen LogP) is 1.01. The van der Waals surface area contributed by atoms with Gasteiger partial charge in [-0.25, -0.2) is 4.79 Å². The number of nitro benzene ring substituents is 1. The average molecular weight is 200 g/mol. The van der Waals surface area contributed by atoms with E-state index >= 15 is 0 Å². The molecule has 0 amide bonds. The molecule has 3 N–H and O–H groups in total. The molecular weight excluding hydrogens is 195 g/mol. The van der Waals surface area contributed by atoms with Crippen LogP contribution in [0.1, 0.15) is 10.4 Å². The average Bonchev–Trinajstić information content (AvgIpc) is 2.02. The summed E-state index contributed by atoms with van der Waals surface area (Å²) < 4.78 is 12.8. The van der Waals surface area contributed by atoms with Gasteiger partial charge >= 0.3 is 11.7 Å². The van der Waals surface area contributed by atoms with Gasteiger partial charge in [0.05, 0.1) is 10.5 Å². The van der Waals surface area contributed by atoms with Crippen LogP contribution in [0.3, 0.4) is 0 Å². The molecule has 0 saturated carbocycles. The minimum absolute atomic E-state index is 0.488. The third-order valence-electron chi connectivity index (χ3n) is 1.58. The highest BCUT2D eigenvalue weighted by atomic mass is 19.1. The van der Waals surface area contributed by atoms with Crippen LogP contribution in [0.4, 0.5) is 15.8 Å². The number of benzene rings is 1. The Balaban J connectivity index is 3.49. The fourth-order valence-electron chi connectivity index (χ4n) is 0.953. The lowest BCUT2D eigenvalue weighted by atomic mass is 10.1. The number of carboxylic acid groups (broad SMARTS) is 1. The summed E-state index contributed by atoms with van der Waals surface area (Å²) in [5.41, 5.74) is 2.95. The molecule has 0 heterocycles. The molecule has 0 aliphatic carbocycles. The number of carbonyl (C=O) groups is 1. The van der Waals surface area contributed by atoms with Crippen molar-refractivity contribution in [1.29, 1.82) is 0 Å². The zero-order valence-electron chi connectivity index (χ0n) is 6.73. The number of nitrogens with zero attached hydrogens (tertiary/aromatic N) is 1. The second-order valence-electron chi connectivity index (χ2n) is 2.42. The van der Waals surface area contributed by atoms with Crippen molar-refractivity contribution in [3.8, 4) is 0 Å². The number of halogens is 1. The van der Waals surface area contributed by atoms with Gasteiger partial charge in [0, 0.05) is 0 Å². The van der Waals surface area contributed by atoms with Crippen molar-refractivity contribution in [3.63, 3.8) is 0 Å². The molecule has 0 aliphatic heterocycles. The Morgan fingerprint density at radius 1 is 1.57 bits per heavy atom. The smallest absolute Gasteiger partial charge is 0.338 e. The second-order valence-corrected chi connectivity index (χ2v) is 2.42. The van der Waals surface area contributed by atoms with E-state index in [0.29, 0.717) is 6.07 Å². The van der Waals surface area contributed by atoms with Crippen molar-refractivity contribution < 1.29 is 19.2 Å². The Morgan fingerprint density at radius 3 is 2.57 bits per heavy atom. The highest BCUT2D eigenvalue weighted by Crippen LogP contribution is 2.28. The summed E-state index contributed by atoms with van der Waals surface area (Å²) in [6.07, 6.45) is 0. The van der Waals surface area contributed by atoms with Gasteiger partial charge in [0.1, 0.15) is 5.69 Å². The zero-order chi connectivity index (χ0) is 10.9. The van der Waals surface area contributed by atoms with Crippen LogP contribution in [0, 0.1) is 15.9 Å². The first-order chi connectivity index (χ1) is 6.45. The van der Waals surface area contributed by atoms with Crippen LogP contribution in [0.5, 0.6) is 0 Å². The molecule has 74 valence electrons. The molecule has 0 saturated heterocycles. The first-order valence-corrected chi connectivity index (χ1v) is 3.40. The number of nitrogen functional groups attached to an aromatic ring is 1. The van der Waals surface area contributed by atoms with Crippen LogP contribution in [-0.2, 0) is 0 Å². The molecule has 0 bridgehead atoms. The summed E-state index contributed by atoms with van der Waals surface area (Å²) in [5, 5.41) is 18.8. The number of aromatic carboxylic acids is 1. The third kappa shape index (κ3) is 1.47. The number of carboxylic acids is 1. The molecule has 1 aromatic rings. The van der Waals surface area contributed by atoms with Gasteiger partial charge in [-0.3, -0.25) is 10.1 Å². The number of nitrogens with two attached hydrogens (primary N) is 1. The molecule has 0 fully saturated rings. The molecule has 14 heavy (non-hydrogen) atoms. The summed E-state index contributed by atoms with van der Waals surface area (Å²) in [6.45, 7) is 0. The molecule has 0 unspecified atom stereocenters. The van der Waals surface area contributed by atoms with Crippen molar-refractivity contribution >= 4 is 17.3 Å². The van der Waals surface area contributed by atoms with Gasteiger partial charge in [0.25, 0.3) is 0 Å². The molecule has 0 radical (unpaired) electrons. The van der Waals surface area contributed by atoms with Crippen LogP contribution in [0.2, 0.25) is 0 Å². The molecule has 0 aliphatic rings. The predicted molar refractivity (Wildman–Crippen MR) is 44.4 cm³/mol. The summed E-state index contributed by atoms with van der Waals surface area (Å²) >= 11 is 0. The van der Waals surface area contributed by atoms with E-state index in [1.165, 1.54) is 0 Å². The van der Waals surface area contributed by atoms with E-state index in [4.69, 9.17) is 10.8 Å². The second kappa shape index (κ2) is 3.29. The lowest BCUT2D eigenvalue weighted by molar-refractivity contribution is -0.386. The van der Waals surface area contributed by atoms with Crippen LogP contribution in [-0.4, -0.2) is 16.0 Å². The topological polar surface area (TPSA) is 106 Å². The Kier molecular flexibility index (Phi) is 2.32. The van der Waals surface area contributed by atoms with Crippen molar-refractivity contribution in [2.45, 2.75) is 0 Å². The maximum absolute atomic E-state index is 12.8. The van der Waals surface area contributed by atoms with Gasteiger partial charge < -0.3 is 10.8 Å². The summed E-state index contributed by atoms with van der Waals surface area (Å²) in [4.78, 5) is 19.7. The van der Waals surface area contributed by atoms with E-state index in [1.807, 2.05) is 0 Å². The largest absolute Gasteiger partial charge is 0.478 e. The molecule has 6 nitrogen and oxygen atoms in total. The highest BCUT2D eigenvalue weighted by Gasteiger charge is 2.23.